The van der Waals surface area contributed by atoms with Gasteiger partial charge >= 0.3 is 0 Å². The molecule has 1 aromatic heterocycles. The maximum absolute atomic E-state index is 12.2. The van der Waals surface area contributed by atoms with E-state index in [9.17, 15) is 4.79 Å². The van der Waals surface area contributed by atoms with Crippen LogP contribution in [0.1, 0.15) is 28.5 Å². The molecular formula is C15H18N2OS. The minimum absolute atomic E-state index is 0.0295. The minimum Gasteiger partial charge on any atom is -0.351 e. The molecule has 0 atom stereocenters. The van der Waals surface area contributed by atoms with Gasteiger partial charge in [0.2, 0.25) is 0 Å². The number of hydrogen-bond donors (Lipinski definition) is 1. The van der Waals surface area contributed by atoms with Crippen LogP contribution in [0, 0.1) is 12.8 Å². The van der Waals surface area contributed by atoms with Crippen molar-refractivity contribution >= 4 is 17.2 Å². The highest BCUT2D eigenvalue weighted by Crippen LogP contribution is 2.27. The lowest BCUT2D eigenvalue weighted by atomic mass is 10.1. The van der Waals surface area contributed by atoms with Crippen molar-refractivity contribution in [3.8, 4) is 11.3 Å². The van der Waals surface area contributed by atoms with Gasteiger partial charge in [0.25, 0.3) is 5.91 Å². The zero-order chi connectivity index (χ0) is 13.8. The molecule has 3 nitrogen and oxygen atoms in total. The van der Waals surface area contributed by atoms with Gasteiger partial charge in [-0.05, 0) is 12.8 Å². The molecule has 0 saturated heterocycles. The maximum Gasteiger partial charge on any atom is 0.263 e. The highest BCUT2D eigenvalue weighted by Gasteiger charge is 2.17. The molecule has 0 unspecified atom stereocenters. The van der Waals surface area contributed by atoms with Crippen molar-refractivity contribution in [1.82, 2.24) is 10.3 Å². The van der Waals surface area contributed by atoms with Crippen LogP contribution in [-0.4, -0.2) is 17.4 Å². The fourth-order valence-electron chi connectivity index (χ4n) is 1.75. The van der Waals surface area contributed by atoms with E-state index in [1.165, 1.54) is 11.3 Å². The first-order valence-corrected chi connectivity index (χ1v) is 7.20. The number of carbonyl (C=O) groups excluding carboxylic acids is 1. The summed E-state index contributed by atoms with van der Waals surface area (Å²) in [5, 5.41) is 3.86. The van der Waals surface area contributed by atoms with Gasteiger partial charge in [0.1, 0.15) is 4.88 Å². The van der Waals surface area contributed by atoms with Crippen LogP contribution in [0.3, 0.4) is 0 Å². The summed E-state index contributed by atoms with van der Waals surface area (Å²) in [5.74, 6) is 0.413. The number of benzene rings is 1. The predicted octanol–water partition coefficient (Wildman–Crippen LogP) is 3.50. The summed E-state index contributed by atoms with van der Waals surface area (Å²) < 4.78 is 0. The van der Waals surface area contributed by atoms with Crippen LogP contribution in [0.4, 0.5) is 0 Å². The van der Waals surface area contributed by atoms with Crippen LogP contribution in [0.5, 0.6) is 0 Å². The Hall–Kier alpha value is -1.68. The van der Waals surface area contributed by atoms with E-state index in [1.807, 2.05) is 37.3 Å². The molecule has 0 bridgehead atoms. The summed E-state index contributed by atoms with van der Waals surface area (Å²) in [6.07, 6.45) is 0. The Bertz CT molecular complexity index is 561. The zero-order valence-electron chi connectivity index (χ0n) is 11.4. The van der Waals surface area contributed by atoms with Crippen molar-refractivity contribution in [1.29, 1.82) is 0 Å². The summed E-state index contributed by atoms with van der Waals surface area (Å²) >= 11 is 1.45. The maximum atomic E-state index is 12.2. The van der Waals surface area contributed by atoms with E-state index in [0.29, 0.717) is 17.3 Å². The van der Waals surface area contributed by atoms with Gasteiger partial charge in [-0.15, -0.1) is 11.3 Å². The Morgan fingerprint density at radius 1 is 1.32 bits per heavy atom. The van der Waals surface area contributed by atoms with Gasteiger partial charge < -0.3 is 5.32 Å². The smallest absolute Gasteiger partial charge is 0.263 e. The molecule has 0 aliphatic carbocycles. The molecule has 19 heavy (non-hydrogen) atoms. The van der Waals surface area contributed by atoms with Crippen LogP contribution in [0.15, 0.2) is 30.3 Å². The second-order valence-electron chi connectivity index (χ2n) is 4.88. The summed E-state index contributed by atoms with van der Waals surface area (Å²) in [6.45, 7) is 6.77. The third kappa shape index (κ3) is 3.41. The molecule has 0 fully saturated rings. The lowest BCUT2D eigenvalue weighted by molar-refractivity contribution is 0.0953. The summed E-state index contributed by atoms with van der Waals surface area (Å²) in [7, 11) is 0. The highest BCUT2D eigenvalue weighted by atomic mass is 32.1. The van der Waals surface area contributed by atoms with Gasteiger partial charge in [-0.3, -0.25) is 4.79 Å². The monoisotopic (exact) mass is 274 g/mol. The average Bonchev–Trinajstić information content (AvgIpc) is 2.79. The fraction of sp³-hybridized carbons (Fsp3) is 0.333. The highest BCUT2D eigenvalue weighted by molar-refractivity contribution is 7.14. The summed E-state index contributed by atoms with van der Waals surface area (Å²) in [4.78, 5) is 17.4. The lowest BCUT2D eigenvalue weighted by Gasteiger charge is -2.07. The molecule has 0 radical (unpaired) electrons. The average molecular weight is 274 g/mol. The van der Waals surface area contributed by atoms with Gasteiger partial charge in [0.05, 0.1) is 10.7 Å². The Morgan fingerprint density at radius 3 is 2.63 bits per heavy atom. The normalized spacial score (nSPS) is 10.7. The number of nitrogens with zero attached hydrogens (tertiary/aromatic N) is 1. The van der Waals surface area contributed by atoms with Crippen molar-refractivity contribution in [2.24, 2.45) is 5.92 Å². The SMILES string of the molecule is Cc1nc(-c2ccccc2)c(C(=O)NCC(C)C)s1. The van der Waals surface area contributed by atoms with Crippen LogP contribution < -0.4 is 5.32 Å². The molecule has 0 aliphatic heterocycles. The number of nitrogens with one attached hydrogen (secondary N) is 1. The minimum atomic E-state index is -0.0295. The zero-order valence-corrected chi connectivity index (χ0v) is 12.3. The van der Waals surface area contributed by atoms with Crippen LogP contribution in [-0.2, 0) is 0 Å². The first-order valence-electron chi connectivity index (χ1n) is 6.39. The number of hydrogen-bond acceptors (Lipinski definition) is 3. The standard InChI is InChI=1S/C15H18N2OS/c1-10(2)9-16-15(18)14-13(17-11(3)19-14)12-7-5-4-6-8-12/h4-8,10H,9H2,1-3H3,(H,16,18). The Kier molecular flexibility index (Phi) is 4.32. The second kappa shape index (κ2) is 5.97. The van der Waals surface area contributed by atoms with E-state index >= 15 is 0 Å². The number of aromatic nitrogens is 1. The lowest BCUT2D eigenvalue weighted by Crippen LogP contribution is -2.27. The number of aryl methyl sites for hydroxylation is 1. The molecule has 0 saturated carbocycles. The fourth-order valence-corrected chi connectivity index (χ4v) is 2.61. The van der Waals surface area contributed by atoms with Gasteiger partial charge in [-0.2, -0.15) is 0 Å². The first kappa shape index (κ1) is 13.7. The molecule has 2 aromatic rings. The van der Waals surface area contributed by atoms with E-state index in [2.05, 4.69) is 24.1 Å². The quantitative estimate of drug-likeness (QED) is 0.927. The molecule has 1 amide bonds. The first-order chi connectivity index (χ1) is 9.08. The van der Waals surface area contributed by atoms with Crippen LogP contribution >= 0.6 is 11.3 Å². The molecule has 4 heteroatoms. The van der Waals surface area contributed by atoms with E-state index < -0.39 is 0 Å². The molecule has 100 valence electrons. The van der Waals surface area contributed by atoms with Crippen molar-refractivity contribution in [2.75, 3.05) is 6.54 Å². The van der Waals surface area contributed by atoms with E-state index in [0.717, 1.165) is 16.3 Å². The third-order valence-corrected chi connectivity index (χ3v) is 3.63. The van der Waals surface area contributed by atoms with Crippen LogP contribution in [0.25, 0.3) is 11.3 Å². The van der Waals surface area contributed by atoms with Gasteiger partial charge in [-0.25, -0.2) is 4.98 Å². The van der Waals surface area contributed by atoms with Crippen molar-refractivity contribution in [2.45, 2.75) is 20.8 Å². The van der Waals surface area contributed by atoms with E-state index in [1.54, 1.807) is 0 Å². The third-order valence-electron chi connectivity index (χ3n) is 2.66. The van der Waals surface area contributed by atoms with Crippen molar-refractivity contribution in [3.05, 3.63) is 40.2 Å². The number of amides is 1. The molecular weight excluding hydrogens is 256 g/mol. The Labute approximate surface area is 117 Å². The molecule has 0 aliphatic rings. The van der Waals surface area contributed by atoms with E-state index in [-0.39, 0.29) is 5.91 Å². The molecule has 0 spiro atoms. The summed E-state index contributed by atoms with van der Waals surface area (Å²) in [6, 6.07) is 9.84. The summed E-state index contributed by atoms with van der Waals surface area (Å²) in [5.41, 5.74) is 1.77. The number of carbonyl (C=O) groups is 1. The molecule has 1 N–H and O–H groups in total. The van der Waals surface area contributed by atoms with Gasteiger partial charge in [0.15, 0.2) is 0 Å². The second-order valence-corrected chi connectivity index (χ2v) is 6.08. The van der Waals surface area contributed by atoms with E-state index in [4.69, 9.17) is 0 Å². The van der Waals surface area contributed by atoms with Crippen LogP contribution in [0.2, 0.25) is 0 Å². The number of rotatable bonds is 4. The Morgan fingerprint density at radius 2 is 2.00 bits per heavy atom. The molecule has 2 rings (SSSR count). The van der Waals surface area contributed by atoms with Crippen molar-refractivity contribution < 1.29 is 4.79 Å². The number of thiazole rings is 1. The Balaban J connectivity index is 2.29. The topological polar surface area (TPSA) is 42.0 Å². The van der Waals surface area contributed by atoms with Crippen molar-refractivity contribution in [3.63, 3.8) is 0 Å². The molecule has 1 heterocycles. The largest absolute Gasteiger partial charge is 0.351 e. The predicted molar refractivity (Wildman–Crippen MR) is 79.5 cm³/mol. The van der Waals surface area contributed by atoms with Gasteiger partial charge in [0, 0.05) is 12.1 Å². The van der Waals surface area contributed by atoms with Gasteiger partial charge in [-0.1, -0.05) is 44.2 Å². The molecule has 1 aromatic carbocycles.